The molecule has 0 spiro atoms. The molecule has 5 heteroatoms. The number of rotatable bonds is 7. The average molecular weight is 281 g/mol. The van der Waals surface area contributed by atoms with Gasteiger partial charge in [0.05, 0.1) is 17.5 Å². The van der Waals surface area contributed by atoms with Crippen LogP contribution in [0, 0.1) is 5.92 Å². The average Bonchev–Trinajstić information content (AvgIpc) is 2.36. The predicted molar refractivity (Wildman–Crippen MR) is 77.1 cm³/mol. The molecule has 0 fully saturated rings. The maximum absolute atomic E-state index is 11.8. The number of nitrogens with one attached hydrogen (secondary N) is 1. The molecule has 1 amide bonds. The Balaban J connectivity index is 2.55. The lowest BCUT2D eigenvalue weighted by Crippen LogP contribution is -2.33. The highest BCUT2D eigenvalue weighted by atomic mass is 32.2. The van der Waals surface area contributed by atoms with E-state index in [9.17, 15) is 9.59 Å². The van der Waals surface area contributed by atoms with Crippen molar-refractivity contribution in [2.75, 3.05) is 11.5 Å². The van der Waals surface area contributed by atoms with Gasteiger partial charge in [-0.2, -0.15) is 0 Å². The molecule has 1 aromatic carbocycles. The minimum atomic E-state index is -0.902. The Morgan fingerprint density at radius 3 is 2.37 bits per heavy atom. The molecule has 2 N–H and O–H groups in total. The molecule has 1 aromatic rings. The van der Waals surface area contributed by atoms with Crippen molar-refractivity contribution in [2.45, 2.75) is 19.9 Å². The van der Waals surface area contributed by atoms with Crippen molar-refractivity contribution in [3.63, 3.8) is 0 Å². The molecule has 0 bridgehead atoms. The van der Waals surface area contributed by atoms with Crippen LogP contribution in [0.25, 0.3) is 0 Å². The van der Waals surface area contributed by atoms with Crippen molar-refractivity contribution in [3.05, 3.63) is 35.9 Å². The Hall–Kier alpha value is -1.49. The van der Waals surface area contributed by atoms with Crippen molar-refractivity contribution < 1.29 is 14.7 Å². The Morgan fingerprint density at radius 2 is 1.84 bits per heavy atom. The molecule has 4 nitrogen and oxygen atoms in total. The fourth-order valence-corrected chi connectivity index (χ4v) is 2.29. The highest BCUT2D eigenvalue weighted by molar-refractivity contribution is 8.00. The Morgan fingerprint density at radius 1 is 1.21 bits per heavy atom. The molecule has 0 aliphatic heterocycles. The topological polar surface area (TPSA) is 66.4 Å². The molecule has 0 radical (unpaired) electrons. The molecule has 0 saturated carbocycles. The molecule has 19 heavy (non-hydrogen) atoms. The summed E-state index contributed by atoms with van der Waals surface area (Å²) in [6.07, 6.45) is 0. The van der Waals surface area contributed by atoms with Crippen molar-refractivity contribution in [1.82, 2.24) is 5.32 Å². The second kappa shape index (κ2) is 7.84. The summed E-state index contributed by atoms with van der Waals surface area (Å²) in [4.78, 5) is 22.2. The molecule has 0 aromatic heterocycles. The van der Waals surface area contributed by atoms with Crippen molar-refractivity contribution >= 4 is 23.6 Å². The number of carboxylic acid groups (broad SMARTS) is 1. The zero-order valence-corrected chi connectivity index (χ0v) is 11.9. The number of hydrogen-bond acceptors (Lipinski definition) is 3. The van der Waals surface area contributed by atoms with E-state index >= 15 is 0 Å². The SMILES string of the molecule is CC(C)C(NC(=O)CSCC(=O)O)c1ccccc1. The van der Waals surface area contributed by atoms with Crippen LogP contribution in [0.2, 0.25) is 0 Å². The van der Waals surface area contributed by atoms with Gasteiger partial charge in [-0.25, -0.2) is 0 Å². The van der Waals surface area contributed by atoms with E-state index < -0.39 is 5.97 Å². The molecule has 0 saturated heterocycles. The third-order valence-corrected chi connectivity index (χ3v) is 3.52. The second-order valence-electron chi connectivity index (χ2n) is 4.59. The molecule has 1 unspecified atom stereocenters. The van der Waals surface area contributed by atoms with Crippen LogP contribution in [0.5, 0.6) is 0 Å². The van der Waals surface area contributed by atoms with Gasteiger partial charge in [-0.1, -0.05) is 44.2 Å². The van der Waals surface area contributed by atoms with Crippen LogP contribution in [-0.2, 0) is 9.59 Å². The zero-order valence-electron chi connectivity index (χ0n) is 11.1. The lowest BCUT2D eigenvalue weighted by molar-refractivity contribution is -0.133. The summed E-state index contributed by atoms with van der Waals surface area (Å²) in [6, 6.07) is 9.74. The van der Waals surface area contributed by atoms with E-state index in [1.54, 1.807) is 0 Å². The Labute approximate surface area is 117 Å². The van der Waals surface area contributed by atoms with E-state index in [0.29, 0.717) is 0 Å². The normalized spacial score (nSPS) is 12.2. The molecule has 1 rings (SSSR count). The molecule has 0 heterocycles. The van der Waals surface area contributed by atoms with Gasteiger partial charge in [0.1, 0.15) is 0 Å². The van der Waals surface area contributed by atoms with Gasteiger partial charge in [0.2, 0.25) is 5.91 Å². The first kappa shape index (κ1) is 15.6. The van der Waals surface area contributed by atoms with Gasteiger partial charge in [-0.05, 0) is 11.5 Å². The predicted octanol–water partition coefficient (Wildman–Crippen LogP) is 2.32. The standard InChI is InChI=1S/C14H19NO3S/c1-10(2)14(11-6-4-3-5-7-11)15-12(16)8-19-9-13(17)18/h3-7,10,14H,8-9H2,1-2H3,(H,15,16)(H,17,18). The monoisotopic (exact) mass is 281 g/mol. The lowest BCUT2D eigenvalue weighted by atomic mass is 9.96. The number of amides is 1. The van der Waals surface area contributed by atoms with E-state index in [1.807, 2.05) is 44.2 Å². The van der Waals surface area contributed by atoms with Crippen LogP contribution in [0.3, 0.4) is 0 Å². The second-order valence-corrected chi connectivity index (χ2v) is 5.57. The van der Waals surface area contributed by atoms with E-state index in [-0.39, 0.29) is 29.4 Å². The number of carboxylic acids is 1. The van der Waals surface area contributed by atoms with E-state index in [2.05, 4.69) is 5.32 Å². The Kier molecular flexibility index (Phi) is 6.42. The number of hydrogen-bond donors (Lipinski definition) is 2. The maximum atomic E-state index is 11.8. The van der Waals surface area contributed by atoms with Crippen LogP contribution in [-0.4, -0.2) is 28.5 Å². The van der Waals surface area contributed by atoms with Crippen LogP contribution >= 0.6 is 11.8 Å². The van der Waals surface area contributed by atoms with Crippen LogP contribution in [0.15, 0.2) is 30.3 Å². The van der Waals surface area contributed by atoms with E-state index in [1.165, 1.54) is 0 Å². The Bertz CT molecular complexity index is 420. The summed E-state index contributed by atoms with van der Waals surface area (Å²) in [5.74, 6) is -0.640. The number of thioether (sulfide) groups is 1. The number of aliphatic carboxylic acids is 1. The van der Waals surface area contributed by atoms with E-state index in [0.717, 1.165) is 17.3 Å². The summed E-state index contributed by atoms with van der Waals surface area (Å²) >= 11 is 1.11. The molecule has 0 aliphatic rings. The summed E-state index contributed by atoms with van der Waals surface area (Å²) in [5.41, 5.74) is 1.06. The minimum Gasteiger partial charge on any atom is -0.481 e. The highest BCUT2D eigenvalue weighted by Crippen LogP contribution is 2.21. The number of benzene rings is 1. The first-order chi connectivity index (χ1) is 9.00. The van der Waals surface area contributed by atoms with Crippen molar-refractivity contribution in [2.24, 2.45) is 5.92 Å². The summed E-state index contributed by atoms with van der Waals surface area (Å²) in [7, 11) is 0. The molecule has 0 aliphatic carbocycles. The number of carbonyl (C=O) groups excluding carboxylic acids is 1. The van der Waals surface area contributed by atoms with Gasteiger partial charge >= 0.3 is 5.97 Å². The summed E-state index contributed by atoms with van der Waals surface area (Å²) < 4.78 is 0. The van der Waals surface area contributed by atoms with Crippen molar-refractivity contribution in [3.8, 4) is 0 Å². The lowest BCUT2D eigenvalue weighted by Gasteiger charge is -2.22. The molecular formula is C14H19NO3S. The summed E-state index contributed by atoms with van der Waals surface area (Å²) in [5, 5.41) is 11.5. The van der Waals surface area contributed by atoms with Gasteiger partial charge in [-0.3, -0.25) is 9.59 Å². The quantitative estimate of drug-likeness (QED) is 0.805. The van der Waals surface area contributed by atoms with Crippen LogP contribution < -0.4 is 5.32 Å². The van der Waals surface area contributed by atoms with Gasteiger partial charge in [0, 0.05) is 0 Å². The van der Waals surface area contributed by atoms with E-state index in [4.69, 9.17) is 5.11 Å². The first-order valence-corrected chi connectivity index (χ1v) is 7.30. The van der Waals surface area contributed by atoms with Gasteiger partial charge in [0.15, 0.2) is 0 Å². The zero-order chi connectivity index (χ0) is 14.3. The fourth-order valence-electron chi connectivity index (χ4n) is 1.74. The molecule has 104 valence electrons. The fraction of sp³-hybridized carbons (Fsp3) is 0.429. The third-order valence-electron chi connectivity index (χ3n) is 2.60. The molecular weight excluding hydrogens is 262 g/mol. The molecule has 1 atom stereocenters. The van der Waals surface area contributed by atoms with Gasteiger partial charge in [0.25, 0.3) is 0 Å². The third kappa shape index (κ3) is 5.79. The summed E-state index contributed by atoms with van der Waals surface area (Å²) in [6.45, 7) is 4.09. The smallest absolute Gasteiger partial charge is 0.313 e. The first-order valence-electron chi connectivity index (χ1n) is 6.14. The largest absolute Gasteiger partial charge is 0.481 e. The van der Waals surface area contributed by atoms with Crippen molar-refractivity contribution in [1.29, 1.82) is 0 Å². The number of carbonyl (C=O) groups is 2. The van der Waals surface area contributed by atoms with Gasteiger partial charge < -0.3 is 10.4 Å². The minimum absolute atomic E-state index is 0.0425. The van der Waals surface area contributed by atoms with Crippen LogP contribution in [0.4, 0.5) is 0 Å². The van der Waals surface area contributed by atoms with Crippen LogP contribution in [0.1, 0.15) is 25.5 Å². The maximum Gasteiger partial charge on any atom is 0.313 e. The highest BCUT2D eigenvalue weighted by Gasteiger charge is 2.17. The van der Waals surface area contributed by atoms with Gasteiger partial charge in [-0.15, -0.1) is 11.8 Å².